The van der Waals surface area contributed by atoms with Crippen LogP contribution in [0.5, 0.6) is 0 Å². The molecule has 0 saturated carbocycles. The number of carboxylic acid groups (broad SMARTS) is 2. The highest BCUT2D eigenvalue weighted by molar-refractivity contribution is 5.47. The summed E-state index contributed by atoms with van der Waals surface area (Å²) in [6.07, 6.45) is 26.5. The van der Waals surface area contributed by atoms with Crippen molar-refractivity contribution in [2.45, 2.75) is 142 Å². The van der Waals surface area contributed by atoms with Gasteiger partial charge in [-0.2, -0.15) is 0 Å². The molecule has 0 aromatic carbocycles. The summed E-state index contributed by atoms with van der Waals surface area (Å²) in [5.74, 6) is 0. The van der Waals surface area contributed by atoms with Crippen LogP contribution in [-0.2, 0) is 0 Å². The fourth-order valence-electron chi connectivity index (χ4n) is 4.15. The molecule has 0 aliphatic rings. The molecule has 220 valence electrons. The van der Waals surface area contributed by atoms with Crippen molar-refractivity contribution in [3.8, 4) is 0 Å². The predicted octanol–water partition coefficient (Wildman–Crippen LogP) is 6.78. The third kappa shape index (κ3) is 54.2. The van der Waals surface area contributed by atoms with Crippen molar-refractivity contribution in [2.75, 3.05) is 55.4 Å². The minimum Gasteiger partial charge on any atom is -0.652 e. The summed E-state index contributed by atoms with van der Waals surface area (Å²) in [6.45, 7) is 7.23. The van der Waals surface area contributed by atoms with Gasteiger partial charge in [0.2, 0.25) is 0 Å². The Bertz CT molecular complexity index is 391. The van der Waals surface area contributed by atoms with Crippen molar-refractivity contribution in [1.29, 1.82) is 0 Å². The molecule has 0 atom stereocenters. The fraction of sp³-hybridized carbons (Fsp3) is 0.968. The van der Waals surface area contributed by atoms with E-state index in [1.54, 1.807) is 0 Å². The Morgan fingerprint density at radius 2 is 0.583 bits per heavy atom. The molecule has 0 bridgehead atoms. The summed E-state index contributed by atoms with van der Waals surface area (Å²) in [5.41, 5.74) is 0. The SMILES string of the molecule is CCCCCCCCCCCC[N+](C)(C)C.CCCCCCCCCCCC[N+](C)(C)C.O=C([O-])[O-]. The summed E-state index contributed by atoms with van der Waals surface area (Å²) < 4.78 is 2.24. The molecule has 0 aliphatic carbocycles. The van der Waals surface area contributed by atoms with Crippen LogP contribution in [0, 0.1) is 0 Å². The minimum absolute atomic E-state index is 1.12. The lowest BCUT2D eigenvalue weighted by Gasteiger charge is -2.23. The Labute approximate surface area is 227 Å². The molecule has 0 rings (SSSR count). The molecular weight excluding hydrogens is 448 g/mol. The Balaban J connectivity index is -0.000000526. The van der Waals surface area contributed by atoms with Crippen LogP contribution < -0.4 is 10.2 Å². The van der Waals surface area contributed by atoms with Gasteiger partial charge in [-0.25, -0.2) is 0 Å². The lowest BCUT2D eigenvalue weighted by atomic mass is 10.1. The van der Waals surface area contributed by atoms with Gasteiger partial charge in [0.15, 0.2) is 0 Å². The molecule has 0 radical (unpaired) electrons. The van der Waals surface area contributed by atoms with Crippen molar-refractivity contribution in [3.05, 3.63) is 0 Å². The van der Waals surface area contributed by atoms with Crippen molar-refractivity contribution >= 4 is 6.16 Å². The molecule has 0 spiro atoms. The van der Waals surface area contributed by atoms with Crippen LogP contribution >= 0.6 is 0 Å². The second kappa shape index (κ2) is 28.8. The number of hydrogen-bond acceptors (Lipinski definition) is 3. The standard InChI is InChI=1S/2C15H34N.CH2O3/c2*1-5-6-7-8-9-10-11-12-13-14-15-16(2,3)4;2-1(3)4/h2*5-15H2,1-4H3;(H2,2,3,4)/q2*+1;/p-2. The molecule has 36 heavy (non-hydrogen) atoms. The number of carbonyl (C=O) groups excluding carboxylic acids is 1. The highest BCUT2D eigenvalue weighted by Crippen LogP contribution is 2.12. The molecule has 0 fully saturated rings. The second-order valence-electron chi connectivity index (χ2n) is 12.6. The first-order chi connectivity index (χ1) is 16.9. The van der Waals surface area contributed by atoms with Gasteiger partial charge in [-0.15, -0.1) is 0 Å². The molecule has 0 N–H and O–H groups in total. The van der Waals surface area contributed by atoms with Crippen LogP contribution in [0.3, 0.4) is 0 Å². The van der Waals surface area contributed by atoms with Crippen LogP contribution in [0.4, 0.5) is 4.79 Å². The highest BCUT2D eigenvalue weighted by atomic mass is 16.6. The van der Waals surface area contributed by atoms with E-state index in [-0.39, 0.29) is 0 Å². The van der Waals surface area contributed by atoms with Gasteiger partial charge in [0.1, 0.15) is 0 Å². The Morgan fingerprint density at radius 1 is 0.417 bits per heavy atom. The van der Waals surface area contributed by atoms with E-state index in [9.17, 15) is 0 Å². The molecule has 0 saturated heterocycles. The summed E-state index contributed by atoms with van der Waals surface area (Å²) in [4.78, 5) is 8.33. The van der Waals surface area contributed by atoms with Crippen LogP contribution in [-0.4, -0.2) is 70.5 Å². The monoisotopic (exact) mass is 517 g/mol. The zero-order valence-corrected chi connectivity index (χ0v) is 26.2. The number of carbonyl (C=O) groups is 1. The summed E-state index contributed by atoms with van der Waals surface area (Å²) in [7, 11) is 13.7. The molecule has 5 heteroatoms. The molecule has 0 unspecified atom stereocenters. The molecule has 0 aliphatic heterocycles. The van der Waals surface area contributed by atoms with E-state index in [1.165, 1.54) is 142 Å². The number of hydrogen-bond donors (Lipinski definition) is 0. The normalized spacial score (nSPS) is 11.3. The Morgan fingerprint density at radius 3 is 0.750 bits per heavy atom. The van der Waals surface area contributed by atoms with Crippen molar-refractivity contribution in [1.82, 2.24) is 0 Å². The number of unbranched alkanes of at least 4 members (excludes halogenated alkanes) is 18. The topological polar surface area (TPSA) is 63.2 Å². The second-order valence-corrected chi connectivity index (χ2v) is 12.6. The summed E-state index contributed by atoms with van der Waals surface area (Å²) >= 11 is 0. The predicted molar refractivity (Wildman–Crippen MR) is 155 cm³/mol. The number of quaternary nitrogens is 2. The molecule has 0 aromatic rings. The van der Waals surface area contributed by atoms with Gasteiger partial charge >= 0.3 is 0 Å². The van der Waals surface area contributed by atoms with E-state index in [4.69, 9.17) is 15.0 Å². The number of rotatable bonds is 22. The third-order valence-corrected chi connectivity index (χ3v) is 6.36. The summed E-state index contributed by atoms with van der Waals surface area (Å²) in [5, 5.41) is 16.7. The first-order valence-corrected chi connectivity index (χ1v) is 15.3. The highest BCUT2D eigenvalue weighted by Gasteiger charge is 2.05. The molecular formula is C31H68N2O3. The third-order valence-electron chi connectivity index (χ3n) is 6.36. The fourth-order valence-corrected chi connectivity index (χ4v) is 4.15. The zero-order valence-electron chi connectivity index (χ0n) is 26.2. The van der Waals surface area contributed by atoms with Crippen LogP contribution in [0.15, 0.2) is 0 Å². The average Bonchev–Trinajstić information content (AvgIpc) is 2.75. The lowest BCUT2D eigenvalue weighted by Crippen LogP contribution is -2.37. The van der Waals surface area contributed by atoms with Crippen molar-refractivity contribution in [3.63, 3.8) is 0 Å². The minimum atomic E-state index is -2.33. The first-order valence-electron chi connectivity index (χ1n) is 15.3. The molecule has 0 aromatic heterocycles. The molecule has 5 nitrogen and oxygen atoms in total. The largest absolute Gasteiger partial charge is 0.652 e. The van der Waals surface area contributed by atoms with Crippen molar-refractivity contribution < 1.29 is 24.0 Å². The van der Waals surface area contributed by atoms with E-state index in [0.29, 0.717) is 0 Å². The van der Waals surface area contributed by atoms with E-state index in [0.717, 1.165) is 8.97 Å². The van der Waals surface area contributed by atoms with Gasteiger partial charge in [-0.05, 0) is 31.8 Å². The van der Waals surface area contributed by atoms with E-state index in [1.807, 2.05) is 0 Å². The smallest absolute Gasteiger partial charge is 0.0780 e. The summed E-state index contributed by atoms with van der Waals surface area (Å²) in [6, 6.07) is 0. The quantitative estimate of drug-likeness (QED) is 0.118. The van der Waals surface area contributed by atoms with E-state index < -0.39 is 6.16 Å². The lowest BCUT2D eigenvalue weighted by molar-refractivity contribution is -0.870. The van der Waals surface area contributed by atoms with Crippen LogP contribution in [0.25, 0.3) is 0 Å². The first kappa shape index (κ1) is 39.7. The van der Waals surface area contributed by atoms with Gasteiger partial charge in [0, 0.05) is 0 Å². The van der Waals surface area contributed by atoms with Crippen molar-refractivity contribution in [2.24, 2.45) is 0 Å². The van der Waals surface area contributed by atoms with Crippen LogP contribution in [0.2, 0.25) is 0 Å². The van der Waals surface area contributed by atoms with Gasteiger partial charge in [0.25, 0.3) is 0 Å². The van der Waals surface area contributed by atoms with E-state index >= 15 is 0 Å². The zero-order chi connectivity index (χ0) is 28.1. The molecule has 0 amide bonds. The maximum absolute atomic E-state index is 8.33. The average molecular weight is 517 g/mol. The van der Waals surface area contributed by atoms with Crippen LogP contribution in [0.1, 0.15) is 142 Å². The van der Waals surface area contributed by atoms with Gasteiger partial charge in [-0.1, -0.05) is 117 Å². The Kier molecular flexibility index (Phi) is 31.7. The van der Waals surface area contributed by atoms with Gasteiger partial charge < -0.3 is 24.0 Å². The van der Waals surface area contributed by atoms with Gasteiger partial charge in [-0.3, -0.25) is 0 Å². The molecule has 0 heterocycles. The Hall–Kier alpha value is -0.810. The number of nitrogens with zero attached hydrogens (tertiary/aromatic N) is 2. The van der Waals surface area contributed by atoms with E-state index in [2.05, 4.69) is 56.1 Å². The van der Waals surface area contributed by atoms with Gasteiger partial charge in [0.05, 0.1) is 55.4 Å². The maximum atomic E-state index is 8.33. The maximum Gasteiger partial charge on any atom is 0.0780 e.